The summed E-state index contributed by atoms with van der Waals surface area (Å²) in [5.41, 5.74) is 9.76. The summed E-state index contributed by atoms with van der Waals surface area (Å²) in [5, 5.41) is 11.5. The first-order valence-corrected chi connectivity index (χ1v) is 9.96. The number of aryl methyl sites for hydroxylation is 1. The Morgan fingerprint density at radius 1 is 1.03 bits per heavy atom. The van der Waals surface area contributed by atoms with Crippen molar-refractivity contribution in [3.63, 3.8) is 0 Å². The molecule has 0 saturated heterocycles. The maximum absolute atomic E-state index is 12.3. The number of benzene rings is 3. The fourth-order valence-electron chi connectivity index (χ4n) is 3.50. The second-order valence-corrected chi connectivity index (χ2v) is 7.44. The minimum Gasteiger partial charge on any atom is -0.366 e. The van der Waals surface area contributed by atoms with Gasteiger partial charge in [0.15, 0.2) is 0 Å². The number of amides is 3. The molecule has 156 valence electrons. The summed E-state index contributed by atoms with van der Waals surface area (Å²) in [4.78, 5) is 24.4. The molecule has 8 heteroatoms. The van der Waals surface area contributed by atoms with Gasteiger partial charge in [0.25, 0.3) is 0 Å². The molecule has 4 rings (SSSR count). The third kappa shape index (κ3) is 4.22. The van der Waals surface area contributed by atoms with Gasteiger partial charge in [-0.2, -0.15) is 5.10 Å². The van der Waals surface area contributed by atoms with Gasteiger partial charge in [0, 0.05) is 35.3 Å². The number of nitrogens with two attached hydrogens (primary N) is 1. The second-order valence-electron chi connectivity index (χ2n) is 7.01. The zero-order chi connectivity index (χ0) is 22.0. The van der Waals surface area contributed by atoms with Gasteiger partial charge in [-0.1, -0.05) is 41.9 Å². The van der Waals surface area contributed by atoms with Crippen molar-refractivity contribution < 1.29 is 9.59 Å². The molecule has 0 fully saturated rings. The molecule has 4 aromatic rings. The number of fused-ring (bicyclic) bond motifs is 1. The Kier molecular flexibility index (Phi) is 5.60. The van der Waals surface area contributed by atoms with Gasteiger partial charge in [0.1, 0.15) is 5.69 Å². The van der Waals surface area contributed by atoms with Crippen molar-refractivity contribution in [3.8, 4) is 11.3 Å². The summed E-state index contributed by atoms with van der Waals surface area (Å²) in [5.74, 6) is -0.516. The van der Waals surface area contributed by atoms with Crippen LogP contribution >= 0.6 is 11.6 Å². The Bertz CT molecular complexity index is 1280. The van der Waals surface area contributed by atoms with Crippen LogP contribution in [0.5, 0.6) is 0 Å². The molecule has 3 amide bonds. The first kappa shape index (κ1) is 20.4. The molecular weight excluding hydrogens is 414 g/mol. The quantitative estimate of drug-likeness (QED) is 0.437. The van der Waals surface area contributed by atoms with Crippen molar-refractivity contribution in [2.24, 2.45) is 12.8 Å². The second kappa shape index (κ2) is 8.49. The van der Waals surface area contributed by atoms with Crippen molar-refractivity contribution in [2.45, 2.75) is 6.54 Å². The number of hydrogen-bond acceptors (Lipinski definition) is 3. The number of halogens is 1. The van der Waals surface area contributed by atoms with Gasteiger partial charge in [-0.05, 0) is 42.0 Å². The van der Waals surface area contributed by atoms with Crippen LogP contribution in [0.4, 0.5) is 10.5 Å². The summed E-state index contributed by atoms with van der Waals surface area (Å²) >= 11 is 5.87. The highest BCUT2D eigenvalue weighted by molar-refractivity contribution is 6.30. The van der Waals surface area contributed by atoms with E-state index in [2.05, 4.69) is 15.7 Å². The lowest BCUT2D eigenvalue weighted by molar-refractivity contribution is 0.100. The van der Waals surface area contributed by atoms with E-state index in [1.54, 1.807) is 41.1 Å². The van der Waals surface area contributed by atoms with Gasteiger partial charge < -0.3 is 16.4 Å². The average molecular weight is 434 g/mol. The third-order valence-corrected chi connectivity index (χ3v) is 5.21. The highest BCUT2D eigenvalue weighted by atomic mass is 35.5. The lowest BCUT2D eigenvalue weighted by Crippen LogP contribution is -2.28. The first-order valence-electron chi connectivity index (χ1n) is 9.58. The van der Waals surface area contributed by atoms with Gasteiger partial charge in [-0.15, -0.1) is 0 Å². The zero-order valence-corrected chi connectivity index (χ0v) is 17.5. The highest BCUT2D eigenvalue weighted by Gasteiger charge is 2.19. The van der Waals surface area contributed by atoms with E-state index in [0.29, 0.717) is 27.4 Å². The molecular formula is C23H20ClN5O2. The number of primary amides is 1. The van der Waals surface area contributed by atoms with Gasteiger partial charge >= 0.3 is 6.03 Å². The van der Waals surface area contributed by atoms with E-state index in [1.807, 2.05) is 37.4 Å². The molecule has 0 spiro atoms. The Hall–Kier alpha value is -3.84. The van der Waals surface area contributed by atoms with Crippen LogP contribution in [0.2, 0.25) is 5.02 Å². The molecule has 0 aliphatic heterocycles. The number of carbonyl (C=O) groups excluding carboxylic acids is 2. The molecule has 0 bridgehead atoms. The topological polar surface area (TPSA) is 102 Å². The summed E-state index contributed by atoms with van der Waals surface area (Å²) in [6.45, 7) is 0.270. The van der Waals surface area contributed by atoms with Crippen LogP contribution in [0.25, 0.3) is 22.2 Å². The smallest absolute Gasteiger partial charge is 0.319 e. The largest absolute Gasteiger partial charge is 0.366 e. The van der Waals surface area contributed by atoms with Gasteiger partial charge in [-0.25, -0.2) is 4.79 Å². The number of anilines is 1. The van der Waals surface area contributed by atoms with Crippen LogP contribution < -0.4 is 16.4 Å². The Morgan fingerprint density at radius 3 is 2.52 bits per heavy atom. The molecule has 0 aliphatic carbocycles. The molecule has 3 aromatic carbocycles. The van der Waals surface area contributed by atoms with Crippen LogP contribution in [-0.2, 0) is 13.6 Å². The molecule has 0 saturated carbocycles. The van der Waals surface area contributed by atoms with Crippen molar-refractivity contribution in [3.05, 3.63) is 82.9 Å². The fraction of sp³-hybridized carbons (Fsp3) is 0.0870. The monoisotopic (exact) mass is 433 g/mol. The molecule has 0 atom stereocenters. The minimum atomic E-state index is -0.516. The first-order chi connectivity index (χ1) is 14.9. The molecule has 7 nitrogen and oxygen atoms in total. The zero-order valence-electron chi connectivity index (χ0n) is 16.7. The maximum atomic E-state index is 12.3. The molecule has 1 aromatic heterocycles. The van der Waals surface area contributed by atoms with E-state index in [1.165, 1.54) is 0 Å². The predicted molar refractivity (Wildman–Crippen MR) is 122 cm³/mol. The van der Waals surface area contributed by atoms with Crippen LogP contribution in [0.1, 0.15) is 15.9 Å². The summed E-state index contributed by atoms with van der Waals surface area (Å²) in [6.07, 6.45) is 0. The summed E-state index contributed by atoms with van der Waals surface area (Å²) in [6, 6.07) is 19.5. The number of nitrogens with zero attached hydrogens (tertiary/aromatic N) is 2. The van der Waals surface area contributed by atoms with E-state index in [-0.39, 0.29) is 12.6 Å². The summed E-state index contributed by atoms with van der Waals surface area (Å²) < 4.78 is 1.72. The predicted octanol–water partition coefficient (Wildman–Crippen LogP) is 4.31. The van der Waals surface area contributed by atoms with Gasteiger partial charge in [0.05, 0.1) is 11.1 Å². The summed E-state index contributed by atoms with van der Waals surface area (Å²) in [7, 11) is 1.82. The number of carbonyl (C=O) groups is 2. The van der Waals surface area contributed by atoms with Crippen LogP contribution in [0.3, 0.4) is 0 Å². The SMILES string of the molecule is Cn1nc(-c2ccccc2CNC(=O)Nc2ccc(Cl)cc2)c2c(C(N)=O)cccc21. The van der Waals surface area contributed by atoms with Gasteiger partial charge in [-0.3, -0.25) is 9.48 Å². The highest BCUT2D eigenvalue weighted by Crippen LogP contribution is 2.32. The van der Waals surface area contributed by atoms with Gasteiger partial charge in [0.2, 0.25) is 5.91 Å². The average Bonchev–Trinajstić information content (AvgIpc) is 3.10. The normalized spacial score (nSPS) is 10.8. The van der Waals surface area contributed by atoms with Crippen LogP contribution in [0.15, 0.2) is 66.7 Å². The van der Waals surface area contributed by atoms with E-state index in [0.717, 1.165) is 16.6 Å². The maximum Gasteiger partial charge on any atom is 0.319 e. The molecule has 31 heavy (non-hydrogen) atoms. The lowest BCUT2D eigenvalue weighted by atomic mass is 9.99. The molecule has 1 heterocycles. The van der Waals surface area contributed by atoms with E-state index < -0.39 is 5.91 Å². The van der Waals surface area contributed by atoms with Crippen LogP contribution in [-0.4, -0.2) is 21.7 Å². The fourth-order valence-corrected chi connectivity index (χ4v) is 3.62. The van der Waals surface area contributed by atoms with Crippen molar-refractivity contribution >= 4 is 40.1 Å². The number of nitrogens with one attached hydrogen (secondary N) is 2. The number of aromatic nitrogens is 2. The molecule has 0 unspecified atom stereocenters. The van der Waals surface area contributed by atoms with Crippen LogP contribution in [0, 0.1) is 0 Å². The Balaban J connectivity index is 1.63. The molecule has 0 aliphatic rings. The number of urea groups is 1. The standard InChI is InChI=1S/C23H20ClN5O2/c1-29-19-8-4-7-18(22(25)30)20(19)21(28-29)17-6-3-2-5-14(17)13-26-23(31)27-16-11-9-15(24)10-12-16/h2-12H,13H2,1H3,(H2,25,30)(H2,26,27,31). The molecule has 0 radical (unpaired) electrons. The molecule has 4 N–H and O–H groups in total. The number of rotatable bonds is 5. The van der Waals surface area contributed by atoms with Crippen molar-refractivity contribution in [2.75, 3.05) is 5.32 Å². The third-order valence-electron chi connectivity index (χ3n) is 4.96. The Morgan fingerprint density at radius 2 is 1.77 bits per heavy atom. The van der Waals surface area contributed by atoms with E-state index in [4.69, 9.17) is 17.3 Å². The van der Waals surface area contributed by atoms with Crippen molar-refractivity contribution in [1.29, 1.82) is 0 Å². The van der Waals surface area contributed by atoms with E-state index >= 15 is 0 Å². The Labute approximate surface area is 183 Å². The lowest BCUT2D eigenvalue weighted by Gasteiger charge is -2.11. The minimum absolute atomic E-state index is 0.270. The van der Waals surface area contributed by atoms with Crippen molar-refractivity contribution in [1.82, 2.24) is 15.1 Å². The van der Waals surface area contributed by atoms with E-state index in [9.17, 15) is 9.59 Å². The number of hydrogen-bond donors (Lipinski definition) is 3.